The molecule has 1 aliphatic heterocycles. The summed E-state index contributed by atoms with van der Waals surface area (Å²) in [6.07, 6.45) is 3.00. The number of carbonyl (C=O) groups is 1. The number of aliphatic carboxylic acids is 1. The van der Waals surface area contributed by atoms with Crippen LogP contribution in [0.4, 0.5) is 0 Å². The van der Waals surface area contributed by atoms with Gasteiger partial charge in [0.15, 0.2) is 0 Å². The van der Waals surface area contributed by atoms with Crippen LogP contribution in [0.1, 0.15) is 40.0 Å². The third-order valence-electron chi connectivity index (χ3n) is 2.58. The van der Waals surface area contributed by atoms with E-state index in [0.717, 1.165) is 32.4 Å². The number of likely N-dealkylation sites (tertiary alicyclic amines) is 1. The normalized spacial score (nSPS) is 24.9. The van der Waals surface area contributed by atoms with Gasteiger partial charge in [-0.1, -0.05) is 27.2 Å². The summed E-state index contributed by atoms with van der Waals surface area (Å²) in [4.78, 5) is 13.1. The number of hydrogen-bond acceptors (Lipinski definition) is 2. The number of nitrogens with zero attached hydrogens (tertiary/aromatic N) is 1. The number of carboxylic acid groups (broad SMARTS) is 1. The molecule has 1 fully saturated rings. The molecule has 1 rings (SSSR count). The lowest BCUT2D eigenvalue weighted by Gasteiger charge is -2.37. The highest BCUT2D eigenvalue weighted by molar-refractivity contribution is 5.73. The lowest BCUT2D eigenvalue weighted by atomic mass is 9.92. The van der Waals surface area contributed by atoms with Crippen molar-refractivity contribution in [3.8, 4) is 0 Å². The summed E-state index contributed by atoms with van der Waals surface area (Å²) >= 11 is 0. The van der Waals surface area contributed by atoms with Gasteiger partial charge in [0.25, 0.3) is 0 Å². The molecule has 1 unspecified atom stereocenters. The Labute approximate surface area is 86.1 Å². The molecule has 1 N–H and O–H groups in total. The zero-order chi connectivity index (χ0) is 10.8. The average Bonchev–Trinajstić information content (AvgIpc) is 2.01. The maximum absolute atomic E-state index is 11.0. The van der Waals surface area contributed by atoms with Crippen LogP contribution in [0.3, 0.4) is 0 Å². The Morgan fingerprint density at radius 2 is 2.07 bits per heavy atom. The summed E-state index contributed by atoms with van der Waals surface area (Å²) in [5.74, 6) is -0.658. The predicted molar refractivity (Wildman–Crippen MR) is 56.3 cm³/mol. The van der Waals surface area contributed by atoms with Crippen molar-refractivity contribution in [3.63, 3.8) is 0 Å². The molecular formula is C11H21NO2. The van der Waals surface area contributed by atoms with Crippen LogP contribution in [0.5, 0.6) is 0 Å². The van der Waals surface area contributed by atoms with Gasteiger partial charge >= 0.3 is 5.97 Å². The van der Waals surface area contributed by atoms with Gasteiger partial charge in [0, 0.05) is 6.54 Å². The fourth-order valence-corrected chi connectivity index (χ4v) is 2.07. The summed E-state index contributed by atoms with van der Waals surface area (Å²) in [5.41, 5.74) is 0.186. The van der Waals surface area contributed by atoms with E-state index in [9.17, 15) is 4.79 Å². The van der Waals surface area contributed by atoms with Crippen LogP contribution in [0.25, 0.3) is 0 Å². The van der Waals surface area contributed by atoms with Gasteiger partial charge in [0.1, 0.15) is 6.04 Å². The molecule has 1 heterocycles. The molecule has 0 aromatic heterocycles. The highest BCUT2D eigenvalue weighted by Crippen LogP contribution is 2.23. The lowest BCUT2D eigenvalue weighted by Crippen LogP contribution is -2.47. The second-order valence-corrected chi connectivity index (χ2v) is 5.38. The molecule has 0 aliphatic carbocycles. The Bertz CT molecular complexity index is 208. The molecule has 3 heteroatoms. The first kappa shape index (κ1) is 11.5. The third kappa shape index (κ3) is 3.29. The Morgan fingerprint density at radius 1 is 1.43 bits per heavy atom. The first-order valence-electron chi connectivity index (χ1n) is 5.37. The Hall–Kier alpha value is -0.570. The molecule has 82 valence electrons. The molecule has 0 aromatic rings. The minimum atomic E-state index is -0.658. The van der Waals surface area contributed by atoms with Gasteiger partial charge in [-0.25, -0.2) is 0 Å². The van der Waals surface area contributed by atoms with Crippen molar-refractivity contribution in [2.45, 2.75) is 46.1 Å². The van der Waals surface area contributed by atoms with Crippen LogP contribution in [-0.2, 0) is 4.79 Å². The summed E-state index contributed by atoms with van der Waals surface area (Å²) in [6, 6.07) is -0.247. The highest BCUT2D eigenvalue weighted by Gasteiger charge is 2.30. The smallest absolute Gasteiger partial charge is 0.320 e. The number of hydrogen-bond donors (Lipinski definition) is 1. The van der Waals surface area contributed by atoms with Crippen molar-refractivity contribution < 1.29 is 9.90 Å². The van der Waals surface area contributed by atoms with Gasteiger partial charge in [0.05, 0.1) is 0 Å². The second-order valence-electron chi connectivity index (χ2n) is 5.38. The van der Waals surface area contributed by atoms with Crippen molar-refractivity contribution in [1.29, 1.82) is 0 Å². The standard InChI is InChI=1S/C11H21NO2/c1-11(2,3)8-12-7-5-4-6-9(12)10(13)14/h9H,4-8H2,1-3H3,(H,13,14). The van der Waals surface area contributed by atoms with Crippen molar-refractivity contribution in [2.75, 3.05) is 13.1 Å². The zero-order valence-electron chi connectivity index (χ0n) is 9.42. The molecular weight excluding hydrogens is 178 g/mol. The van der Waals surface area contributed by atoms with Crippen LogP contribution in [0, 0.1) is 5.41 Å². The molecule has 1 saturated heterocycles. The summed E-state index contributed by atoms with van der Waals surface area (Å²) in [5, 5.41) is 9.06. The first-order chi connectivity index (χ1) is 6.40. The van der Waals surface area contributed by atoms with E-state index in [1.807, 2.05) is 0 Å². The van der Waals surface area contributed by atoms with Crippen LogP contribution in [-0.4, -0.2) is 35.1 Å². The van der Waals surface area contributed by atoms with Crippen LogP contribution in [0.15, 0.2) is 0 Å². The fraction of sp³-hybridized carbons (Fsp3) is 0.909. The largest absolute Gasteiger partial charge is 0.480 e. The molecule has 14 heavy (non-hydrogen) atoms. The molecule has 1 atom stereocenters. The highest BCUT2D eigenvalue weighted by atomic mass is 16.4. The van der Waals surface area contributed by atoms with Crippen molar-refractivity contribution in [3.05, 3.63) is 0 Å². The topological polar surface area (TPSA) is 40.5 Å². The second kappa shape index (κ2) is 4.30. The third-order valence-corrected chi connectivity index (χ3v) is 2.58. The Morgan fingerprint density at radius 3 is 2.57 bits per heavy atom. The molecule has 0 amide bonds. The molecule has 1 aliphatic rings. The van der Waals surface area contributed by atoms with E-state index in [0.29, 0.717) is 0 Å². The lowest BCUT2D eigenvalue weighted by molar-refractivity contribution is -0.145. The molecule has 0 aromatic carbocycles. The van der Waals surface area contributed by atoms with Crippen LogP contribution >= 0.6 is 0 Å². The number of carboxylic acids is 1. The van der Waals surface area contributed by atoms with Crippen molar-refractivity contribution >= 4 is 5.97 Å². The van der Waals surface area contributed by atoms with Gasteiger partial charge in [-0.15, -0.1) is 0 Å². The summed E-state index contributed by atoms with van der Waals surface area (Å²) < 4.78 is 0. The van der Waals surface area contributed by atoms with E-state index in [1.165, 1.54) is 0 Å². The van der Waals surface area contributed by atoms with E-state index >= 15 is 0 Å². The van der Waals surface area contributed by atoms with Crippen LogP contribution < -0.4 is 0 Å². The van der Waals surface area contributed by atoms with Gasteiger partial charge < -0.3 is 5.11 Å². The fourth-order valence-electron chi connectivity index (χ4n) is 2.07. The van der Waals surface area contributed by atoms with Crippen molar-refractivity contribution in [1.82, 2.24) is 4.90 Å². The average molecular weight is 199 g/mol. The van der Waals surface area contributed by atoms with Crippen molar-refractivity contribution in [2.24, 2.45) is 5.41 Å². The Balaban J connectivity index is 2.59. The molecule has 0 spiro atoms. The van der Waals surface area contributed by atoms with Gasteiger partial charge in [-0.2, -0.15) is 0 Å². The van der Waals surface area contributed by atoms with Gasteiger partial charge in [0.2, 0.25) is 0 Å². The molecule has 3 nitrogen and oxygen atoms in total. The summed E-state index contributed by atoms with van der Waals surface area (Å²) in [6.45, 7) is 8.28. The first-order valence-corrected chi connectivity index (χ1v) is 5.37. The van der Waals surface area contributed by atoms with Crippen LogP contribution in [0.2, 0.25) is 0 Å². The van der Waals surface area contributed by atoms with E-state index in [-0.39, 0.29) is 11.5 Å². The quantitative estimate of drug-likeness (QED) is 0.739. The van der Waals surface area contributed by atoms with E-state index in [4.69, 9.17) is 5.11 Å². The minimum Gasteiger partial charge on any atom is -0.480 e. The van der Waals surface area contributed by atoms with E-state index in [1.54, 1.807) is 0 Å². The molecule has 0 bridgehead atoms. The maximum Gasteiger partial charge on any atom is 0.320 e. The number of piperidine rings is 1. The number of rotatable bonds is 2. The molecule has 0 saturated carbocycles. The van der Waals surface area contributed by atoms with E-state index in [2.05, 4.69) is 25.7 Å². The maximum atomic E-state index is 11.0. The van der Waals surface area contributed by atoms with E-state index < -0.39 is 5.97 Å². The summed E-state index contributed by atoms with van der Waals surface area (Å²) in [7, 11) is 0. The predicted octanol–water partition coefficient (Wildman–Crippen LogP) is 1.97. The zero-order valence-corrected chi connectivity index (χ0v) is 9.42. The Kier molecular flexibility index (Phi) is 3.53. The molecule has 0 radical (unpaired) electrons. The minimum absolute atomic E-state index is 0.186. The van der Waals surface area contributed by atoms with Gasteiger partial charge in [-0.05, 0) is 24.8 Å². The SMILES string of the molecule is CC(C)(C)CN1CCCCC1C(=O)O. The monoisotopic (exact) mass is 199 g/mol. The van der Waals surface area contributed by atoms with Gasteiger partial charge in [-0.3, -0.25) is 9.69 Å².